The highest BCUT2D eigenvalue weighted by Crippen LogP contribution is 2.24. The van der Waals surface area contributed by atoms with Gasteiger partial charge in [-0.05, 0) is 81.6 Å². The van der Waals surface area contributed by atoms with Gasteiger partial charge in [0, 0.05) is 47.0 Å². The van der Waals surface area contributed by atoms with E-state index >= 15 is 0 Å². The van der Waals surface area contributed by atoms with Crippen LogP contribution in [-0.2, 0) is 4.74 Å². The van der Waals surface area contributed by atoms with E-state index in [4.69, 9.17) is 4.74 Å². The molecule has 1 saturated heterocycles. The van der Waals surface area contributed by atoms with Crippen molar-refractivity contribution in [1.82, 2.24) is 9.99 Å². The number of ether oxygens (including phenoxy) is 1. The number of nitrogens with one attached hydrogen (secondary N) is 1. The number of benzene rings is 2. The van der Waals surface area contributed by atoms with Gasteiger partial charge in [0.05, 0.1) is 18.9 Å². The van der Waals surface area contributed by atoms with Gasteiger partial charge in [0.15, 0.2) is 0 Å². The number of carbonyl (C=O) groups is 2. The lowest BCUT2D eigenvalue weighted by molar-refractivity contribution is 0.0600. The zero-order valence-electron chi connectivity index (χ0n) is 20.1. The molecule has 1 aliphatic heterocycles. The average Bonchev–Trinajstić information content (AvgIpc) is 3.47. The number of methoxy groups -OCH3 is 1. The minimum absolute atomic E-state index is 0.250. The Morgan fingerprint density at radius 2 is 1.65 bits per heavy atom. The predicted octanol–water partition coefficient (Wildman–Crippen LogP) is 4.55. The summed E-state index contributed by atoms with van der Waals surface area (Å²) in [6.07, 6.45) is 4.08. The third kappa shape index (κ3) is 4.73. The minimum Gasteiger partial charge on any atom is -0.465 e. The first kappa shape index (κ1) is 23.3. The number of amides is 1. The zero-order chi connectivity index (χ0) is 24.2. The van der Waals surface area contributed by atoms with Crippen LogP contribution in [0.2, 0.25) is 0 Å². The van der Waals surface area contributed by atoms with Crippen LogP contribution in [0.15, 0.2) is 53.6 Å². The molecule has 7 heteroatoms. The van der Waals surface area contributed by atoms with Gasteiger partial charge in [0.25, 0.3) is 5.91 Å². The normalized spacial score (nSPS) is 13.5. The molecule has 3 aromatic rings. The van der Waals surface area contributed by atoms with Crippen molar-refractivity contribution < 1.29 is 14.3 Å². The van der Waals surface area contributed by atoms with E-state index in [0.29, 0.717) is 11.1 Å². The topological polar surface area (TPSA) is 75.9 Å². The van der Waals surface area contributed by atoms with Crippen molar-refractivity contribution in [3.63, 3.8) is 0 Å². The Balaban J connectivity index is 1.49. The Morgan fingerprint density at radius 3 is 2.32 bits per heavy atom. The summed E-state index contributed by atoms with van der Waals surface area (Å²) in [7, 11) is 1.37. The third-order valence-corrected chi connectivity index (χ3v) is 6.31. The molecule has 0 radical (unpaired) electrons. The van der Waals surface area contributed by atoms with E-state index in [1.54, 1.807) is 12.3 Å². The van der Waals surface area contributed by atoms with Crippen LogP contribution in [-0.4, -0.2) is 42.9 Å². The second-order valence-electron chi connectivity index (χ2n) is 8.59. The van der Waals surface area contributed by atoms with Crippen molar-refractivity contribution >= 4 is 23.8 Å². The smallest absolute Gasteiger partial charge is 0.337 e. The second kappa shape index (κ2) is 9.95. The Hall–Kier alpha value is -3.87. The number of rotatable bonds is 6. The Morgan fingerprint density at radius 1 is 0.971 bits per heavy atom. The molecule has 2 aromatic carbocycles. The highest BCUT2D eigenvalue weighted by atomic mass is 16.5. The quantitative estimate of drug-likeness (QED) is 0.334. The van der Waals surface area contributed by atoms with Gasteiger partial charge in [-0.1, -0.05) is 6.07 Å². The minimum atomic E-state index is -0.373. The zero-order valence-corrected chi connectivity index (χ0v) is 20.1. The number of carbonyl (C=O) groups excluding carboxylic acids is 2. The van der Waals surface area contributed by atoms with Gasteiger partial charge in [-0.3, -0.25) is 4.79 Å². The highest BCUT2D eigenvalue weighted by molar-refractivity contribution is 5.95. The average molecular weight is 459 g/mol. The van der Waals surface area contributed by atoms with Gasteiger partial charge in [0.2, 0.25) is 0 Å². The molecule has 0 aliphatic carbocycles. The number of anilines is 1. The maximum atomic E-state index is 12.5. The molecule has 0 atom stereocenters. The molecule has 1 fully saturated rings. The Bertz CT molecular complexity index is 1240. The summed E-state index contributed by atoms with van der Waals surface area (Å²) >= 11 is 0. The molecule has 2 heterocycles. The molecule has 176 valence electrons. The van der Waals surface area contributed by atoms with E-state index in [0.717, 1.165) is 47.0 Å². The first-order chi connectivity index (χ1) is 16.4. The van der Waals surface area contributed by atoms with Crippen molar-refractivity contribution in [2.45, 2.75) is 33.6 Å². The summed E-state index contributed by atoms with van der Waals surface area (Å²) in [4.78, 5) is 26.9. The van der Waals surface area contributed by atoms with Gasteiger partial charge in [-0.15, -0.1) is 0 Å². The summed E-state index contributed by atoms with van der Waals surface area (Å²) in [5.41, 5.74) is 9.60. The summed E-state index contributed by atoms with van der Waals surface area (Å²) in [6, 6.07) is 15.1. The molecule has 1 amide bonds. The van der Waals surface area contributed by atoms with Crippen molar-refractivity contribution in [2.24, 2.45) is 5.10 Å². The van der Waals surface area contributed by atoms with Crippen molar-refractivity contribution in [1.29, 1.82) is 0 Å². The SMILES string of the molecule is COC(=O)c1ccc(C)c(-n2c(C)cc(/C=N\NC(=O)c3ccc(N4CCCC4)cc3)c2C)c1. The van der Waals surface area contributed by atoms with Crippen molar-refractivity contribution in [3.05, 3.63) is 82.2 Å². The number of hydrazone groups is 1. The molecule has 1 N–H and O–H groups in total. The lowest BCUT2D eigenvalue weighted by Gasteiger charge is -2.17. The van der Waals surface area contributed by atoms with Crippen LogP contribution >= 0.6 is 0 Å². The van der Waals surface area contributed by atoms with Crippen LogP contribution in [0.1, 0.15) is 56.1 Å². The van der Waals surface area contributed by atoms with Gasteiger partial charge < -0.3 is 14.2 Å². The van der Waals surface area contributed by atoms with Gasteiger partial charge >= 0.3 is 5.97 Å². The van der Waals surface area contributed by atoms with Gasteiger partial charge in [-0.25, -0.2) is 10.2 Å². The Labute approximate surface area is 200 Å². The molecule has 34 heavy (non-hydrogen) atoms. The monoisotopic (exact) mass is 458 g/mol. The predicted molar refractivity (Wildman–Crippen MR) is 134 cm³/mol. The third-order valence-electron chi connectivity index (χ3n) is 6.31. The molecule has 1 aromatic heterocycles. The van der Waals surface area contributed by atoms with E-state index in [-0.39, 0.29) is 11.9 Å². The number of hydrogen-bond donors (Lipinski definition) is 1. The summed E-state index contributed by atoms with van der Waals surface area (Å²) in [6.45, 7) is 8.12. The summed E-state index contributed by atoms with van der Waals surface area (Å²) in [5.74, 6) is -0.624. The number of esters is 1. The second-order valence-corrected chi connectivity index (χ2v) is 8.59. The van der Waals surface area contributed by atoms with Crippen LogP contribution in [0.25, 0.3) is 5.69 Å². The fraction of sp³-hybridized carbons (Fsp3) is 0.296. The highest BCUT2D eigenvalue weighted by Gasteiger charge is 2.15. The molecule has 0 unspecified atom stereocenters. The van der Waals surface area contributed by atoms with Crippen LogP contribution in [0, 0.1) is 20.8 Å². The van der Waals surface area contributed by atoms with E-state index in [2.05, 4.69) is 20.0 Å². The largest absolute Gasteiger partial charge is 0.465 e. The standard InChI is InChI=1S/C27H30N4O3/c1-18-7-8-22(27(33)34-4)16-25(18)31-19(2)15-23(20(31)3)17-28-29-26(32)21-9-11-24(12-10-21)30-13-5-6-14-30/h7-12,15-17H,5-6,13-14H2,1-4H3,(H,29,32)/b28-17-. The number of nitrogens with zero attached hydrogens (tertiary/aromatic N) is 3. The van der Waals surface area contributed by atoms with Gasteiger partial charge in [-0.2, -0.15) is 5.10 Å². The maximum absolute atomic E-state index is 12.5. The molecule has 0 spiro atoms. The first-order valence-corrected chi connectivity index (χ1v) is 11.5. The molecule has 1 aliphatic rings. The van der Waals surface area contributed by atoms with E-state index in [1.165, 1.54) is 20.0 Å². The van der Waals surface area contributed by atoms with E-state index in [9.17, 15) is 9.59 Å². The molecular formula is C27H30N4O3. The molecule has 7 nitrogen and oxygen atoms in total. The fourth-order valence-electron chi connectivity index (χ4n) is 4.41. The van der Waals surface area contributed by atoms with Crippen molar-refractivity contribution in [3.8, 4) is 5.69 Å². The lowest BCUT2D eigenvalue weighted by Crippen LogP contribution is -2.19. The van der Waals surface area contributed by atoms with Crippen LogP contribution in [0.5, 0.6) is 0 Å². The van der Waals surface area contributed by atoms with Gasteiger partial charge in [0.1, 0.15) is 0 Å². The molecule has 0 bridgehead atoms. The molecule has 0 saturated carbocycles. The van der Waals surface area contributed by atoms with Crippen LogP contribution in [0.3, 0.4) is 0 Å². The van der Waals surface area contributed by atoms with E-state index in [1.807, 2.05) is 63.2 Å². The maximum Gasteiger partial charge on any atom is 0.337 e. The van der Waals surface area contributed by atoms with Crippen LogP contribution < -0.4 is 10.3 Å². The van der Waals surface area contributed by atoms with Crippen LogP contribution in [0.4, 0.5) is 5.69 Å². The molecular weight excluding hydrogens is 428 g/mol. The number of hydrogen-bond acceptors (Lipinski definition) is 5. The van der Waals surface area contributed by atoms with E-state index < -0.39 is 0 Å². The lowest BCUT2D eigenvalue weighted by atomic mass is 10.1. The Kier molecular flexibility index (Phi) is 6.82. The first-order valence-electron chi connectivity index (χ1n) is 11.5. The molecule has 4 rings (SSSR count). The number of aryl methyl sites for hydroxylation is 2. The number of aromatic nitrogens is 1. The van der Waals surface area contributed by atoms with Crippen molar-refractivity contribution in [2.75, 3.05) is 25.1 Å². The summed E-state index contributed by atoms with van der Waals surface area (Å²) < 4.78 is 6.94. The fourth-order valence-corrected chi connectivity index (χ4v) is 4.41. The summed E-state index contributed by atoms with van der Waals surface area (Å²) in [5, 5.41) is 4.19.